The quantitative estimate of drug-likeness (QED) is 0.787. The summed E-state index contributed by atoms with van der Waals surface area (Å²) in [7, 11) is 0. The Labute approximate surface area is 98.3 Å². The number of rotatable bonds is 3. The van der Waals surface area contributed by atoms with Crippen LogP contribution in [0, 0.1) is 5.41 Å². The van der Waals surface area contributed by atoms with Crippen molar-refractivity contribution in [2.75, 3.05) is 26.2 Å². The van der Waals surface area contributed by atoms with Crippen LogP contribution >= 0.6 is 0 Å². The summed E-state index contributed by atoms with van der Waals surface area (Å²) >= 11 is 0. The van der Waals surface area contributed by atoms with E-state index < -0.39 is 0 Å². The summed E-state index contributed by atoms with van der Waals surface area (Å²) in [6, 6.07) is 0. The fourth-order valence-corrected chi connectivity index (χ4v) is 3.85. The molecule has 3 nitrogen and oxygen atoms in total. The predicted octanol–water partition coefficient (Wildman–Crippen LogP) is 1.37. The van der Waals surface area contributed by atoms with E-state index in [0.717, 1.165) is 19.6 Å². The first-order valence-corrected chi connectivity index (χ1v) is 6.88. The van der Waals surface area contributed by atoms with Gasteiger partial charge < -0.3 is 10.5 Å². The maximum atomic E-state index is 6.01. The number of hydrogen-bond donors (Lipinski definition) is 1. The molecule has 2 atom stereocenters. The number of likely N-dealkylation sites (tertiary alicyclic amines) is 1. The van der Waals surface area contributed by atoms with Crippen molar-refractivity contribution in [3.05, 3.63) is 0 Å². The summed E-state index contributed by atoms with van der Waals surface area (Å²) in [6.45, 7) is 4.40. The molecule has 2 N–H and O–H groups in total. The van der Waals surface area contributed by atoms with Crippen LogP contribution < -0.4 is 5.73 Å². The Hall–Kier alpha value is -0.120. The monoisotopic (exact) mass is 224 g/mol. The SMILES string of the molecule is NCC1(CN2CC3CCC(C2)O3)CCCC1. The van der Waals surface area contributed by atoms with Gasteiger partial charge in [0.25, 0.3) is 0 Å². The lowest BCUT2D eigenvalue weighted by Crippen LogP contribution is -2.48. The Balaban J connectivity index is 1.61. The first-order chi connectivity index (χ1) is 7.80. The van der Waals surface area contributed by atoms with Crippen molar-refractivity contribution in [1.82, 2.24) is 4.90 Å². The fourth-order valence-electron chi connectivity index (χ4n) is 3.85. The minimum absolute atomic E-state index is 0.441. The molecule has 2 aliphatic heterocycles. The molecule has 2 saturated heterocycles. The molecule has 1 saturated carbocycles. The van der Waals surface area contributed by atoms with Crippen LogP contribution in [-0.2, 0) is 4.74 Å². The zero-order valence-electron chi connectivity index (χ0n) is 10.2. The number of nitrogens with zero attached hydrogens (tertiary/aromatic N) is 1. The zero-order valence-corrected chi connectivity index (χ0v) is 10.2. The van der Waals surface area contributed by atoms with Crippen LogP contribution in [-0.4, -0.2) is 43.3 Å². The third-order valence-electron chi connectivity index (χ3n) is 4.78. The second kappa shape index (κ2) is 4.28. The van der Waals surface area contributed by atoms with Crippen molar-refractivity contribution in [2.45, 2.75) is 50.7 Å². The van der Waals surface area contributed by atoms with E-state index >= 15 is 0 Å². The van der Waals surface area contributed by atoms with Gasteiger partial charge in [-0.2, -0.15) is 0 Å². The highest BCUT2D eigenvalue weighted by atomic mass is 16.5. The van der Waals surface area contributed by atoms with Gasteiger partial charge in [0.05, 0.1) is 12.2 Å². The highest BCUT2D eigenvalue weighted by Crippen LogP contribution is 2.39. The normalized spacial score (nSPS) is 38.1. The van der Waals surface area contributed by atoms with E-state index in [1.165, 1.54) is 45.1 Å². The highest BCUT2D eigenvalue weighted by Gasteiger charge is 2.39. The molecule has 0 amide bonds. The molecular formula is C13H24N2O. The average Bonchev–Trinajstić information content (AvgIpc) is 2.87. The lowest BCUT2D eigenvalue weighted by Gasteiger charge is -2.38. The van der Waals surface area contributed by atoms with Gasteiger partial charge in [0.15, 0.2) is 0 Å². The van der Waals surface area contributed by atoms with Crippen molar-refractivity contribution >= 4 is 0 Å². The fraction of sp³-hybridized carbons (Fsp3) is 1.00. The molecule has 3 rings (SSSR count). The Morgan fingerprint density at radius 1 is 1.12 bits per heavy atom. The standard InChI is InChI=1S/C13H24N2O/c14-9-13(5-1-2-6-13)10-15-7-11-3-4-12(8-15)16-11/h11-12H,1-10,14H2. The van der Waals surface area contributed by atoms with Crippen molar-refractivity contribution in [1.29, 1.82) is 0 Å². The minimum Gasteiger partial charge on any atom is -0.372 e. The maximum Gasteiger partial charge on any atom is 0.0707 e. The Morgan fingerprint density at radius 2 is 1.75 bits per heavy atom. The van der Waals surface area contributed by atoms with Gasteiger partial charge in [-0.25, -0.2) is 0 Å². The summed E-state index contributed by atoms with van der Waals surface area (Å²) in [5.74, 6) is 0. The number of hydrogen-bond acceptors (Lipinski definition) is 3. The molecule has 2 heterocycles. The van der Waals surface area contributed by atoms with Crippen molar-refractivity contribution in [3.63, 3.8) is 0 Å². The van der Waals surface area contributed by atoms with Crippen molar-refractivity contribution < 1.29 is 4.74 Å². The molecule has 3 aliphatic rings. The van der Waals surface area contributed by atoms with Crippen molar-refractivity contribution in [3.8, 4) is 0 Å². The average molecular weight is 224 g/mol. The van der Waals surface area contributed by atoms with Gasteiger partial charge in [0, 0.05) is 19.6 Å². The van der Waals surface area contributed by atoms with E-state index in [0.29, 0.717) is 17.6 Å². The Morgan fingerprint density at radius 3 is 2.31 bits per heavy atom. The molecule has 0 aromatic rings. The Kier molecular flexibility index (Phi) is 2.94. The van der Waals surface area contributed by atoms with Crippen LogP contribution in [0.4, 0.5) is 0 Å². The van der Waals surface area contributed by atoms with Gasteiger partial charge in [0.2, 0.25) is 0 Å². The van der Waals surface area contributed by atoms with Gasteiger partial charge in [-0.15, -0.1) is 0 Å². The van der Waals surface area contributed by atoms with E-state index in [4.69, 9.17) is 10.5 Å². The summed E-state index contributed by atoms with van der Waals surface area (Å²) in [4.78, 5) is 2.63. The number of morpholine rings is 1. The highest BCUT2D eigenvalue weighted by molar-refractivity contribution is 4.92. The number of nitrogens with two attached hydrogens (primary N) is 1. The van der Waals surface area contributed by atoms with E-state index in [9.17, 15) is 0 Å². The van der Waals surface area contributed by atoms with E-state index in [-0.39, 0.29) is 0 Å². The molecule has 92 valence electrons. The lowest BCUT2D eigenvalue weighted by atomic mass is 9.85. The molecule has 0 aromatic carbocycles. The molecule has 3 fully saturated rings. The van der Waals surface area contributed by atoms with Crippen LogP contribution in [0.1, 0.15) is 38.5 Å². The van der Waals surface area contributed by atoms with Crippen LogP contribution in [0.3, 0.4) is 0 Å². The molecule has 2 bridgehead atoms. The summed E-state index contributed by atoms with van der Waals surface area (Å²) in [5, 5.41) is 0. The zero-order chi connectivity index (χ0) is 11.0. The molecular weight excluding hydrogens is 200 g/mol. The third kappa shape index (κ3) is 2.01. The second-order valence-corrected chi connectivity index (χ2v) is 6.06. The molecule has 0 radical (unpaired) electrons. The molecule has 0 spiro atoms. The first-order valence-electron chi connectivity index (χ1n) is 6.88. The van der Waals surface area contributed by atoms with Crippen molar-refractivity contribution in [2.24, 2.45) is 11.1 Å². The molecule has 3 heteroatoms. The Bertz CT molecular complexity index is 238. The van der Waals surface area contributed by atoms with Gasteiger partial charge in [0.1, 0.15) is 0 Å². The molecule has 16 heavy (non-hydrogen) atoms. The molecule has 0 aromatic heterocycles. The van der Waals surface area contributed by atoms with E-state index in [2.05, 4.69) is 4.90 Å². The van der Waals surface area contributed by atoms with Gasteiger partial charge in [-0.3, -0.25) is 4.90 Å². The van der Waals surface area contributed by atoms with Gasteiger partial charge >= 0.3 is 0 Å². The van der Waals surface area contributed by atoms with E-state index in [1.807, 2.05) is 0 Å². The molecule has 1 aliphatic carbocycles. The lowest BCUT2D eigenvalue weighted by molar-refractivity contribution is -0.0494. The maximum absolute atomic E-state index is 6.01. The summed E-state index contributed by atoms with van der Waals surface area (Å²) < 4.78 is 5.89. The smallest absolute Gasteiger partial charge is 0.0707 e. The first kappa shape index (κ1) is 11.0. The topological polar surface area (TPSA) is 38.5 Å². The molecule has 2 unspecified atom stereocenters. The van der Waals surface area contributed by atoms with E-state index in [1.54, 1.807) is 0 Å². The minimum atomic E-state index is 0.441. The van der Waals surface area contributed by atoms with Crippen LogP contribution in [0.25, 0.3) is 0 Å². The summed E-state index contributed by atoms with van der Waals surface area (Å²) in [6.07, 6.45) is 9.05. The van der Waals surface area contributed by atoms with Crippen LogP contribution in [0.2, 0.25) is 0 Å². The number of fused-ring (bicyclic) bond motifs is 2. The summed E-state index contributed by atoms with van der Waals surface area (Å²) in [5.41, 5.74) is 6.45. The number of ether oxygens (including phenoxy) is 1. The van der Waals surface area contributed by atoms with Gasteiger partial charge in [-0.05, 0) is 37.6 Å². The second-order valence-electron chi connectivity index (χ2n) is 6.06. The predicted molar refractivity (Wildman–Crippen MR) is 64.3 cm³/mol. The largest absolute Gasteiger partial charge is 0.372 e. The van der Waals surface area contributed by atoms with Crippen LogP contribution in [0.15, 0.2) is 0 Å². The van der Waals surface area contributed by atoms with Crippen LogP contribution in [0.5, 0.6) is 0 Å². The van der Waals surface area contributed by atoms with Gasteiger partial charge in [-0.1, -0.05) is 12.8 Å². The third-order valence-corrected chi connectivity index (χ3v) is 4.78.